The number of hydrogen-bond donors (Lipinski definition) is 4. The van der Waals surface area contributed by atoms with E-state index < -0.39 is 36.5 Å². The summed E-state index contributed by atoms with van der Waals surface area (Å²) in [6, 6.07) is 0. The van der Waals surface area contributed by atoms with Crippen LogP contribution in [0.5, 0.6) is 0 Å². The number of aliphatic hydroxyl groups is 4. The van der Waals surface area contributed by atoms with Crippen LogP contribution in [0.2, 0.25) is 0 Å². The van der Waals surface area contributed by atoms with E-state index in [4.69, 9.17) is 43.6 Å². The molecule has 4 unspecified atom stereocenters. The lowest BCUT2D eigenvalue weighted by Gasteiger charge is -2.21. The van der Waals surface area contributed by atoms with Crippen molar-refractivity contribution in [2.24, 2.45) is 0 Å². The molecule has 0 aromatic carbocycles. The molecule has 0 aliphatic carbocycles. The van der Waals surface area contributed by atoms with Crippen LogP contribution in [0.4, 0.5) is 0 Å². The van der Waals surface area contributed by atoms with E-state index in [0.29, 0.717) is 0 Å². The number of halogens is 2. The Morgan fingerprint density at radius 2 is 1.23 bits per heavy atom. The van der Waals surface area contributed by atoms with Crippen molar-refractivity contribution in [3.05, 3.63) is 0 Å². The summed E-state index contributed by atoms with van der Waals surface area (Å²) in [7, 11) is 0. The van der Waals surface area contributed by atoms with E-state index in [2.05, 4.69) is 4.74 Å². The van der Waals surface area contributed by atoms with Gasteiger partial charge in [-0.2, -0.15) is 0 Å². The van der Waals surface area contributed by atoms with Crippen molar-refractivity contribution < 1.29 is 25.2 Å². The SMILES string of the molecule is OCC(O)C(Cl)OC(Cl)C(O)CO. The summed E-state index contributed by atoms with van der Waals surface area (Å²) in [6.07, 6.45) is -2.57. The van der Waals surface area contributed by atoms with E-state index in [1.165, 1.54) is 0 Å². The van der Waals surface area contributed by atoms with Crippen LogP contribution >= 0.6 is 23.2 Å². The van der Waals surface area contributed by atoms with Crippen LogP contribution in [0.1, 0.15) is 0 Å². The van der Waals surface area contributed by atoms with Crippen molar-refractivity contribution in [2.45, 2.75) is 23.3 Å². The lowest BCUT2D eigenvalue weighted by Crippen LogP contribution is -2.35. The van der Waals surface area contributed by atoms with Crippen LogP contribution in [0.15, 0.2) is 0 Å². The van der Waals surface area contributed by atoms with Crippen LogP contribution in [0.3, 0.4) is 0 Å². The molecule has 0 aromatic heterocycles. The van der Waals surface area contributed by atoms with Crippen molar-refractivity contribution in [1.82, 2.24) is 0 Å². The Hall–Kier alpha value is 0.380. The van der Waals surface area contributed by atoms with Gasteiger partial charge in [0.15, 0.2) is 11.1 Å². The average Bonchev–Trinajstić information content (AvgIpc) is 2.14. The summed E-state index contributed by atoms with van der Waals surface area (Å²) in [6.45, 7) is -1.15. The van der Waals surface area contributed by atoms with E-state index in [1.807, 2.05) is 0 Å². The van der Waals surface area contributed by atoms with Gasteiger partial charge in [0.25, 0.3) is 0 Å². The van der Waals surface area contributed by atoms with Gasteiger partial charge in [0, 0.05) is 0 Å². The lowest BCUT2D eigenvalue weighted by atomic mass is 10.4. The molecule has 0 fully saturated rings. The van der Waals surface area contributed by atoms with Gasteiger partial charge in [-0.15, -0.1) is 0 Å². The normalized spacial score (nSPS) is 20.8. The fraction of sp³-hybridized carbons (Fsp3) is 1.00. The van der Waals surface area contributed by atoms with Crippen LogP contribution in [-0.2, 0) is 4.74 Å². The molecule has 0 spiro atoms. The highest BCUT2D eigenvalue weighted by Gasteiger charge is 2.24. The van der Waals surface area contributed by atoms with E-state index in [-0.39, 0.29) is 0 Å². The molecule has 0 saturated heterocycles. The first-order valence-electron chi connectivity index (χ1n) is 3.54. The summed E-state index contributed by atoms with van der Waals surface area (Å²) < 4.78 is 4.67. The molecule has 0 saturated carbocycles. The van der Waals surface area contributed by atoms with Crippen molar-refractivity contribution in [3.8, 4) is 0 Å². The third-order valence-electron chi connectivity index (χ3n) is 1.24. The Morgan fingerprint density at radius 1 is 0.923 bits per heavy atom. The van der Waals surface area contributed by atoms with Gasteiger partial charge in [0.2, 0.25) is 0 Å². The molecule has 0 aliphatic heterocycles. The molecule has 0 heterocycles. The van der Waals surface area contributed by atoms with Gasteiger partial charge in [0.1, 0.15) is 12.2 Å². The summed E-state index contributed by atoms with van der Waals surface area (Å²) in [5, 5.41) is 34.7. The van der Waals surface area contributed by atoms with Crippen molar-refractivity contribution in [1.29, 1.82) is 0 Å². The molecule has 0 radical (unpaired) electrons. The number of hydrogen-bond acceptors (Lipinski definition) is 5. The Kier molecular flexibility index (Phi) is 6.98. The molecule has 0 bridgehead atoms. The number of ether oxygens (including phenoxy) is 1. The first-order valence-corrected chi connectivity index (χ1v) is 4.41. The van der Waals surface area contributed by atoms with Crippen LogP contribution < -0.4 is 0 Å². The maximum Gasteiger partial charge on any atom is 0.161 e. The van der Waals surface area contributed by atoms with E-state index >= 15 is 0 Å². The second-order valence-electron chi connectivity index (χ2n) is 2.34. The maximum atomic E-state index is 8.92. The standard InChI is InChI=1S/C6H12Cl2O5/c7-5(3(11)1-9)13-6(8)4(12)2-10/h3-6,9-12H,1-2H2. The molecule has 0 aliphatic rings. The molecule has 0 aromatic rings. The second-order valence-corrected chi connectivity index (χ2v) is 3.20. The van der Waals surface area contributed by atoms with Gasteiger partial charge in [0.05, 0.1) is 13.2 Å². The van der Waals surface area contributed by atoms with Crippen molar-refractivity contribution in [2.75, 3.05) is 13.2 Å². The minimum atomic E-state index is -1.28. The zero-order valence-corrected chi connectivity index (χ0v) is 8.19. The fourth-order valence-electron chi connectivity index (χ4n) is 0.471. The second kappa shape index (κ2) is 6.78. The largest absolute Gasteiger partial charge is 0.394 e. The van der Waals surface area contributed by atoms with E-state index in [0.717, 1.165) is 0 Å². The molecular formula is C6H12Cl2O5. The highest BCUT2D eigenvalue weighted by molar-refractivity contribution is 6.22. The quantitative estimate of drug-likeness (QED) is 0.436. The van der Waals surface area contributed by atoms with Crippen LogP contribution in [0, 0.1) is 0 Å². The monoisotopic (exact) mass is 234 g/mol. The maximum absolute atomic E-state index is 8.92. The molecule has 0 rings (SSSR count). The van der Waals surface area contributed by atoms with E-state index in [1.54, 1.807) is 0 Å². The molecule has 4 atom stereocenters. The Bertz CT molecular complexity index is 122. The van der Waals surface area contributed by atoms with Gasteiger partial charge in [-0.1, -0.05) is 23.2 Å². The fourth-order valence-corrected chi connectivity index (χ4v) is 0.905. The minimum Gasteiger partial charge on any atom is -0.394 e. The highest BCUT2D eigenvalue weighted by atomic mass is 35.5. The predicted octanol–water partition coefficient (Wildman–Crippen LogP) is -1.16. The summed E-state index contributed by atoms with van der Waals surface area (Å²) in [5.41, 5.74) is -2.46. The van der Waals surface area contributed by atoms with Crippen LogP contribution in [0.25, 0.3) is 0 Å². The molecule has 4 N–H and O–H groups in total. The zero-order valence-electron chi connectivity index (χ0n) is 6.68. The third-order valence-corrected chi connectivity index (χ3v) is 2.03. The van der Waals surface area contributed by atoms with Gasteiger partial charge in [-0.05, 0) is 0 Å². The lowest BCUT2D eigenvalue weighted by molar-refractivity contribution is -0.0717. The van der Waals surface area contributed by atoms with Crippen LogP contribution in [-0.4, -0.2) is 57.0 Å². The molecule has 80 valence electrons. The van der Waals surface area contributed by atoms with Crippen molar-refractivity contribution in [3.63, 3.8) is 0 Å². The summed E-state index contributed by atoms with van der Waals surface area (Å²) in [5.74, 6) is 0. The zero-order chi connectivity index (χ0) is 10.4. The molecule has 13 heavy (non-hydrogen) atoms. The average molecular weight is 235 g/mol. The predicted molar refractivity (Wildman–Crippen MR) is 46.6 cm³/mol. The minimum absolute atomic E-state index is 0.576. The van der Waals surface area contributed by atoms with Gasteiger partial charge < -0.3 is 25.2 Å². The Balaban J connectivity index is 3.83. The number of alkyl halides is 2. The highest BCUT2D eigenvalue weighted by Crippen LogP contribution is 2.13. The van der Waals surface area contributed by atoms with E-state index in [9.17, 15) is 0 Å². The number of rotatable bonds is 6. The summed E-state index contributed by atoms with van der Waals surface area (Å²) >= 11 is 10.8. The molecule has 5 nitrogen and oxygen atoms in total. The molecular weight excluding hydrogens is 223 g/mol. The van der Waals surface area contributed by atoms with Gasteiger partial charge in [-0.3, -0.25) is 0 Å². The van der Waals surface area contributed by atoms with Crippen molar-refractivity contribution >= 4 is 23.2 Å². The first kappa shape index (κ1) is 13.4. The molecule has 0 amide bonds. The topological polar surface area (TPSA) is 90.2 Å². The Labute approximate surface area is 85.5 Å². The number of aliphatic hydroxyl groups excluding tert-OH is 4. The first-order chi connectivity index (χ1) is 6.02. The molecule has 7 heteroatoms. The Morgan fingerprint density at radius 3 is 1.46 bits per heavy atom. The van der Waals surface area contributed by atoms with Gasteiger partial charge in [-0.25, -0.2) is 0 Å². The smallest absolute Gasteiger partial charge is 0.161 e. The summed E-state index contributed by atoms with van der Waals surface area (Å²) in [4.78, 5) is 0. The van der Waals surface area contributed by atoms with Gasteiger partial charge >= 0.3 is 0 Å². The third kappa shape index (κ3) is 4.97.